The van der Waals surface area contributed by atoms with E-state index in [-0.39, 0.29) is 12.8 Å². The Hall–Kier alpha value is -1.07. The lowest BCUT2D eigenvalue weighted by Gasteiger charge is -2.24. The van der Waals surface area contributed by atoms with Crippen LogP contribution in [0.5, 0.6) is 0 Å². The lowest BCUT2D eigenvalue weighted by molar-refractivity contribution is -0.0125. The Morgan fingerprint density at radius 1 is 0.933 bits per heavy atom. The highest BCUT2D eigenvalue weighted by molar-refractivity contribution is 5.09. The summed E-state index contributed by atoms with van der Waals surface area (Å²) < 4.78 is 25.2. The van der Waals surface area contributed by atoms with E-state index in [2.05, 4.69) is 49.8 Å². The lowest BCUT2D eigenvalue weighted by Crippen LogP contribution is -2.24. The summed E-state index contributed by atoms with van der Waals surface area (Å²) in [6, 6.07) is 6.76. The summed E-state index contributed by atoms with van der Waals surface area (Å²) in [5, 5.41) is 0. The molecule has 1 aromatic rings. The van der Waals surface area contributed by atoms with Crippen molar-refractivity contribution in [3.8, 4) is 0 Å². The number of nitrogens with zero attached hydrogens (tertiary/aromatic N) is 3. The Balaban J connectivity index is 0.000000461. The number of alkyl halides is 2. The highest BCUT2D eigenvalue weighted by atomic mass is 19.3. The van der Waals surface area contributed by atoms with Gasteiger partial charge in [-0.15, -0.1) is 0 Å². The largest absolute Gasteiger partial charge is 0.306 e. The molecular weight excluding hydrogens is 380 g/mol. The topological polar surface area (TPSA) is 19.4 Å². The van der Waals surface area contributed by atoms with Crippen LogP contribution in [-0.2, 0) is 0 Å². The molecule has 5 heteroatoms. The zero-order chi connectivity index (χ0) is 23.0. The van der Waals surface area contributed by atoms with Crippen LogP contribution >= 0.6 is 0 Å². The molecule has 3 nitrogen and oxygen atoms in total. The highest BCUT2D eigenvalue weighted by Gasteiger charge is 2.30. The van der Waals surface area contributed by atoms with Gasteiger partial charge in [-0.1, -0.05) is 53.5 Å². The standard InChI is InChI=1S/C12H18N2.C7H13F2N.C4H10.C2H6/c1-14-10-6-2-3-8-12(14)11-7-4-5-9-13-11;1-10-5-2-3-7(8,9)4-6-10;1-4(2)3;1-2/h4-5,7,9,12H,2-3,6,8,10H2,1H3;2-6H2,1H3;4H,1-3H3;1-2H3. The van der Waals surface area contributed by atoms with E-state index in [0.717, 1.165) is 12.5 Å². The molecule has 1 aromatic heterocycles. The number of hydrogen-bond donors (Lipinski definition) is 0. The number of pyridine rings is 1. The Labute approximate surface area is 185 Å². The van der Waals surface area contributed by atoms with Crippen LogP contribution in [0.1, 0.15) is 91.3 Å². The first kappa shape index (κ1) is 28.9. The number of halogens is 2. The SMILES string of the molecule is CC.CC(C)C.CN1CCCC(F)(F)CC1.CN1CCCCCC1c1ccccn1. The Kier molecular flexibility index (Phi) is 16.0. The van der Waals surface area contributed by atoms with E-state index >= 15 is 0 Å². The normalized spacial score (nSPS) is 22.1. The van der Waals surface area contributed by atoms with Crippen LogP contribution in [0.15, 0.2) is 24.4 Å². The molecule has 0 aliphatic carbocycles. The maximum absolute atomic E-state index is 12.6. The first-order chi connectivity index (χ1) is 14.2. The molecule has 0 radical (unpaired) electrons. The minimum Gasteiger partial charge on any atom is -0.306 e. The lowest BCUT2D eigenvalue weighted by atomic mass is 10.1. The van der Waals surface area contributed by atoms with E-state index in [9.17, 15) is 8.78 Å². The van der Waals surface area contributed by atoms with Crippen molar-refractivity contribution >= 4 is 0 Å². The third-order valence-corrected chi connectivity index (χ3v) is 4.99. The fourth-order valence-electron chi connectivity index (χ4n) is 3.40. The molecule has 3 rings (SSSR count). The third kappa shape index (κ3) is 14.0. The molecule has 1 atom stereocenters. The first-order valence-corrected chi connectivity index (χ1v) is 11.9. The van der Waals surface area contributed by atoms with Crippen molar-refractivity contribution < 1.29 is 8.78 Å². The van der Waals surface area contributed by atoms with E-state index < -0.39 is 5.92 Å². The van der Waals surface area contributed by atoms with Crippen LogP contribution in [0.2, 0.25) is 0 Å². The molecule has 2 saturated heterocycles. The molecule has 1 unspecified atom stereocenters. The molecule has 30 heavy (non-hydrogen) atoms. The van der Waals surface area contributed by atoms with Crippen molar-refractivity contribution in [1.82, 2.24) is 14.8 Å². The summed E-state index contributed by atoms with van der Waals surface area (Å²) in [4.78, 5) is 8.85. The fourth-order valence-corrected chi connectivity index (χ4v) is 3.40. The van der Waals surface area contributed by atoms with Crippen LogP contribution in [0.25, 0.3) is 0 Å². The number of aromatic nitrogens is 1. The van der Waals surface area contributed by atoms with Gasteiger partial charge in [0.15, 0.2) is 0 Å². The maximum Gasteiger partial charge on any atom is 0.249 e. The second-order valence-corrected chi connectivity index (χ2v) is 8.85. The molecule has 0 saturated carbocycles. The summed E-state index contributed by atoms with van der Waals surface area (Å²) in [5.41, 5.74) is 1.23. The van der Waals surface area contributed by atoms with Crippen molar-refractivity contribution in [3.05, 3.63) is 30.1 Å². The molecule has 0 aromatic carbocycles. The molecule has 2 aliphatic rings. The van der Waals surface area contributed by atoms with Crippen LogP contribution in [0.3, 0.4) is 0 Å². The van der Waals surface area contributed by atoms with Gasteiger partial charge in [0.2, 0.25) is 5.92 Å². The van der Waals surface area contributed by atoms with Crippen LogP contribution in [-0.4, -0.2) is 54.4 Å². The van der Waals surface area contributed by atoms with Crippen LogP contribution < -0.4 is 0 Å². The summed E-state index contributed by atoms with van der Waals surface area (Å²) in [6.45, 7) is 13.1. The predicted molar refractivity (Wildman–Crippen MR) is 126 cm³/mol. The van der Waals surface area contributed by atoms with Crippen molar-refractivity contribution in [3.63, 3.8) is 0 Å². The zero-order valence-corrected chi connectivity index (χ0v) is 20.6. The van der Waals surface area contributed by atoms with E-state index in [1.54, 1.807) is 0 Å². The Bertz CT molecular complexity index is 506. The Morgan fingerprint density at radius 2 is 1.60 bits per heavy atom. The van der Waals surface area contributed by atoms with Gasteiger partial charge in [-0.2, -0.15) is 0 Å². The molecule has 0 amide bonds. The van der Waals surface area contributed by atoms with Gasteiger partial charge < -0.3 is 4.90 Å². The van der Waals surface area contributed by atoms with Gasteiger partial charge in [0, 0.05) is 25.6 Å². The molecule has 3 heterocycles. The fraction of sp³-hybridized carbons (Fsp3) is 0.800. The van der Waals surface area contributed by atoms with E-state index in [4.69, 9.17) is 0 Å². The smallest absolute Gasteiger partial charge is 0.249 e. The molecule has 0 spiro atoms. The van der Waals surface area contributed by atoms with Gasteiger partial charge in [0.1, 0.15) is 0 Å². The minimum absolute atomic E-state index is 0.0312. The van der Waals surface area contributed by atoms with E-state index in [1.165, 1.54) is 37.9 Å². The van der Waals surface area contributed by atoms with Gasteiger partial charge in [0.25, 0.3) is 0 Å². The summed E-state index contributed by atoms with van der Waals surface area (Å²) in [5.74, 6) is -1.56. The van der Waals surface area contributed by atoms with Crippen molar-refractivity contribution in [2.45, 2.75) is 91.5 Å². The number of likely N-dealkylation sites (tertiary alicyclic amines) is 2. The average molecular weight is 428 g/mol. The monoisotopic (exact) mass is 427 g/mol. The van der Waals surface area contributed by atoms with E-state index in [1.807, 2.05) is 38.1 Å². The molecule has 2 fully saturated rings. The molecule has 176 valence electrons. The van der Waals surface area contributed by atoms with Crippen molar-refractivity contribution in [2.24, 2.45) is 5.92 Å². The third-order valence-electron chi connectivity index (χ3n) is 4.99. The summed E-state index contributed by atoms with van der Waals surface area (Å²) in [6.07, 6.45) is 7.92. The van der Waals surface area contributed by atoms with Crippen molar-refractivity contribution in [2.75, 3.05) is 33.7 Å². The average Bonchev–Trinajstić information content (AvgIpc) is 3.01. The highest BCUT2D eigenvalue weighted by Crippen LogP contribution is 2.27. The quantitative estimate of drug-likeness (QED) is 0.478. The number of rotatable bonds is 1. The molecule has 0 N–H and O–H groups in total. The van der Waals surface area contributed by atoms with Crippen molar-refractivity contribution in [1.29, 1.82) is 0 Å². The second kappa shape index (κ2) is 16.6. The zero-order valence-electron chi connectivity index (χ0n) is 20.6. The van der Waals surface area contributed by atoms with Gasteiger partial charge in [0.05, 0.1) is 11.7 Å². The molecule has 2 aliphatic heterocycles. The van der Waals surface area contributed by atoms with E-state index in [0.29, 0.717) is 19.0 Å². The predicted octanol–water partition coefficient (Wildman–Crippen LogP) is 7.05. The van der Waals surface area contributed by atoms with Crippen LogP contribution in [0.4, 0.5) is 8.78 Å². The van der Waals surface area contributed by atoms with Gasteiger partial charge in [-0.05, 0) is 64.5 Å². The summed E-state index contributed by atoms with van der Waals surface area (Å²) in [7, 11) is 4.10. The first-order valence-electron chi connectivity index (χ1n) is 11.9. The molecular formula is C25H47F2N3. The Morgan fingerprint density at radius 3 is 2.20 bits per heavy atom. The number of hydrogen-bond acceptors (Lipinski definition) is 3. The van der Waals surface area contributed by atoms with Crippen LogP contribution in [0, 0.1) is 5.92 Å². The molecule has 0 bridgehead atoms. The maximum atomic E-state index is 12.6. The van der Waals surface area contributed by atoms with Gasteiger partial charge >= 0.3 is 0 Å². The summed E-state index contributed by atoms with van der Waals surface area (Å²) >= 11 is 0. The minimum atomic E-state index is -2.40. The van der Waals surface area contributed by atoms with Gasteiger partial charge in [-0.3, -0.25) is 9.88 Å². The van der Waals surface area contributed by atoms with Gasteiger partial charge in [-0.25, -0.2) is 8.78 Å². The second-order valence-electron chi connectivity index (χ2n) is 8.85.